The normalized spacial score (nSPS) is 45.2. The van der Waals surface area contributed by atoms with Crippen molar-refractivity contribution < 1.29 is 102 Å². The van der Waals surface area contributed by atoms with Crippen LogP contribution in [0.3, 0.4) is 0 Å². The summed E-state index contributed by atoms with van der Waals surface area (Å²) in [4.78, 5) is 46.6. The molecular weight excluding hydrogens is 488 g/mol. The van der Waals surface area contributed by atoms with Crippen molar-refractivity contribution in [3.05, 3.63) is 23.8 Å². The van der Waals surface area contributed by atoms with Crippen LogP contribution in [0.15, 0.2) is 23.8 Å². The van der Waals surface area contributed by atoms with Gasteiger partial charge in [-0.25, -0.2) is 4.39 Å². The fourth-order valence-electron chi connectivity index (χ4n) is 7.39. The van der Waals surface area contributed by atoms with Crippen LogP contribution in [0.2, 0.25) is 0 Å². The standard InChI is InChI=1S/C22H30FO8P.2Na/c1-12-8-16-15-5-4-13-9-14(24)6-7-19(13,2)21(15,23)17(25)10-20(16,3)22(12,27)18(26)11-31-32(28,29)30;;/h6-7,9,12,15-17,25,27H,4-5,8,10-11H2,1-3H3,(H2,28,29,30);;/q;2*+1/p-2/t12?,15-,16?,17?,19-,20-,21-,22-;;/m0../s1. The Morgan fingerprint density at radius 2 is 1.91 bits per heavy atom. The molecule has 0 bridgehead atoms. The van der Waals surface area contributed by atoms with Crippen molar-refractivity contribution in [3.63, 3.8) is 0 Å². The second kappa shape index (κ2) is 9.83. The number of halogens is 1. The van der Waals surface area contributed by atoms with Gasteiger partial charge in [0.15, 0.2) is 17.2 Å². The Bertz CT molecular complexity index is 984. The van der Waals surface area contributed by atoms with Gasteiger partial charge in [0.1, 0.15) is 12.2 Å². The van der Waals surface area contributed by atoms with Crippen molar-refractivity contribution in [2.24, 2.45) is 28.6 Å². The topological polar surface area (TPSA) is 147 Å². The Labute approximate surface area is 242 Å². The molecule has 0 spiro atoms. The summed E-state index contributed by atoms with van der Waals surface area (Å²) in [5, 5.41) is 22.8. The van der Waals surface area contributed by atoms with Gasteiger partial charge in [0, 0.05) is 16.7 Å². The summed E-state index contributed by atoms with van der Waals surface area (Å²) in [6, 6.07) is 0. The van der Waals surface area contributed by atoms with Crippen LogP contribution in [0.5, 0.6) is 0 Å². The molecule has 0 radical (unpaired) electrons. The Hall–Kier alpha value is 0.780. The predicted molar refractivity (Wildman–Crippen MR) is 106 cm³/mol. The van der Waals surface area contributed by atoms with Crippen molar-refractivity contribution in [1.29, 1.82) is 0 Å². The summed E-state index contributed by atoms with van der Waals surface area (Å²) in [6.45, 7) is 3.80. The molecule has 3 fully saturated rings. The predicted octanol–water partition coefficient (Wildman–Crippen LogP) is -5.24. The summed E-state index contributed by atoms with van der Waals surface area (Å²) >= 11 is 0. The van der Waals surface area contributed by atoms with E-state index in [0.717, 1.165) is 0 Å². The van der Waals surface area contributed by atoms with Gasteiger partial charge in [-0.15, -0.1) is 0 Å². The van der Waals surface area contributed by atoms with Crippen LogP contribution in [0.1, 0.15) is 46.5 Å². The van der Waals surface area contributed by atoms with Gasteiger partial charge in [-0.1, -0.05) is 25.5 Å². The molecule has 0 aromatic carbocycles. The van der Waals surface area contributed by atoms with E-state index in [9.17, 15) is 34.2 Å². The third-order valence-electron chi connectivity index (χ3n) is 9.00. The third kappa shape index (κ3) is 4.20. The maximum atomic E-state index is 17.0. The first-order valence-corrected chi connectivity index (χ1v) is 12.3. The molecule has 0 aromatic rings. The first-order chi connectivity index (χ1) is 14.6. The monoisotopic (exact) mass is 516 g/mol. The zero-order valence-corrected chi connectivity index (χ0v) is 25.1. The van der Waals surface area contributed by atoms with E-state index in [-0.39, 0.29) is 77.7 Å². The summed E-state index contributed by atoms with van der Waals surface area (Å²) in [7, 11) is -5.43. The summed E-state index contributed by atoms with van der Waals surface area (Å²) in [5.41, 5.74) is -6.03. The van der Waals surface area contributed by atoms with Crippen molar-refractivity contribution in [2.45, 2.75) is 63.8 Å². The Morgan fingerprint density at radius 1 is 1.29 bits per heavy atom. The van der Waals surface area contributed by atoms with Gasteiger partial charge in [0.25, 0.3) is 0 Å². The molecule has 3 saturated carbocycles. The van der Waals surface area contributed by atoms with Crippen molar-refractivity contribution in [1.82, 2.24) is 0 Å². The molecule has 4 aliphatic rings. The number of rotatable bonds is 4. The molecular formula is C22H28FNa2O8P. The van der Waals surface area contributed by atoms with E-state index >= 15 is 4.39 Å². The van der Waals surface area contributed by atoms with E-state index in [1.807, 2.05) is 0 Å². The molecule has 0 aliphatic heterocycles. The third-order valence-corrected chi connectivity index (χ3v) is 9.45. The SMILES string of the molecule is CC1CC2[C@@H]3CCC4=CC(=O)C=C[C@]4(C)[C@@]3(F)C(O)C[C@]2(C)[C@@]1(O)C(=O)COP(=O)([O-])[O-].[Na+].[Na+]. The number of aliphatic hydroxyl groups is 2. The van der Waals surface area contributed by atoms with E-state index in [1.165, 1.54) is 18.2 Å². The maximum absolute atomic E-state index is 17.0. The zero-order chi connectivity index (χ0) is 23.9. The fraction of sp³-hybridized carbons (Fsp3) is 0.727. The molecule has 0 heterocycles. The Balaban J connectivity index is 0.00000204. The number of Topliss-reactive ketones (excluding diaryl/α,β-unsaturated/α-hetero) is 1. The molecule has 0 aromatic heterocycles. The molecule has 3 unspecified atom stereocenters. The second-order valence-corrected chi connectivity index (χ2v) is 11.5. The van der Waals surface area contributed by atoms with Crippen molar-refractivity contribution in [3.8, 4) is 0 Å². The number of fused-ring (bicyclic) bond motifs is 5. The van der Waals surface area contributed by atoms with Crippen LogP contribution in [0.4, 0.5) is 4.39 Å². The molecule has 178 valence electrons. The van der Waals surface area contributed by atoms with Crippen LogP contribution in [0.25, 0.3) is 0 Å². The van der Waals surface area contributed by atoms with Crippen LogP contribution in [-0.4, -0.2) is 45.8 Å². The molecule has 0 amide bonds. The van der Waals surface area contributed by atoms with Gasteiger partial charge in [0.2, 0.25) is 0 Å². The van der Waals surface area contributed by atoms with Gasteiger partial charge in [-0.05, 0) is 56.6 Å². The number of phosphoric acid groups is 1. The van der Waals surface area contributed by atoms with Crippen molar-refractivity contribution in [2.75, 3.05) is 6.61 Å². The second-order valence-electron chi connectivity index (χ2n) is 10.3. The fourth-order valence-corrected chi connectivity index (χ4v) is 7.66. The van der Waals surface area contributed by atoms with Gasteiger partial charge in [-0.2, -0.15) is 0 Å². The number of carbonyl (C=O) groups is 2. The first-order valence-electron chi connectivity index (χ1n) is 10.8. The minimum absolute atomic E-state index is 0. The molecule has 2 N–H and O–H groups in total. The Kier molecular flexibility index (Phi) is 8.96. The summed E-state index contributed by atoms with van der Waals surface area (Å²) < 4.78 is 32.0. The van der Waals surface area contributed by atoms with Gasteiger partial charge in [-0.3, -0.25) is 9.59 Å². The minimum atomic E-state index is -5.43. The molecule has 0 saturated heterocycles. The van der Waals surface area contributed by atoms with Gasteiger partial charge >= 0.3 is 59.1 Å². The largest absolute Gasteiger partial charge is 1.00 e. The van der Waals surface area contributed by atoms with E-state index < -0.39 is 66.2 Å². The average Bonchev–Trinajstić information content (AvgIpc) is 2.89. The molecule has 4 rings (SSSR count). The molecule has 34 heavy (non-hydrogen) atoms. The number of phosphoric ester groups is 1. The van der Waals surface area contributed by atoms with Gasteiger partial charge < -0.3 is 29.1 Å². The average molecular weight is 516 g/mol. The van der Waals surface area contributed by atoms with Crippen LogP contribution in [0, 0.1) is 28.6 Å². The summed E-state index contributed by atoms with van der Waals surface area (Å²) in [5.74, 6) is -3.06. The molecule has 8 nitrogen and oxygen atoms in total. The Morgan fingerprint density at radius 3 is 2.50 bits per heavy atom. The number of alkyl halides is 1. The number of ketones is 2. The maximum Gasteiger partial charge on any atom is 1.00 e. The quantitative estimate of drug-likeness (QED) is 0.279. The molecule has 4 aliphatic carbocycles. The first kappa shape index (κ1) is 31.0. The summed E-state index contributed by atoms with van der Waals surface area (Å²) in [6.07, 6.45) is 3.54. The van der Waals surface area contributed by atoms with Crippen LogP contribution in [-0.2, 0) is 18.7 Å². The number of hydrogen-bond donors (Lipinski definition) is 2. The van der Waals surface area contributed by atoms with Gasteiger partial charge in [0.05, 0.1) is 13.9 Å². The zero-order valence-electron chi connectivity index (χ0n) is 20.2. The number of allylic oxidation sites excluding steroid dienone is 4. The smallest absolute Gasteiger partial charge is 0.790 e. The van der Waals surface area contributed by atoms with E-state index in [0.29, 0.717) is 18.4 Å². The molecule has 12 heteroatoms. The molecule has 8 atom stereocenters. The van der Waals surface area contributed by atoms with E-state index in [4.69, 9.17) is 0 Å². The minimum Gasteiger partial charge on any atom is -0.790 e. The number of carbonyl (C=O) groups excluding carboxylic acids is 2. The van der Waals surface area contributed by atoms with Crippen LogP contribution >= 0.6 is 7.82 Å². The van der Waals surface area contributed by atoms with Crippen molar-refractivity contribution >= 4 is 19.4 Å². The van der Waals surface area contributed by atoms with Crippen LogP contribution < -0.4 is 68.9 Å². The number of hydrogen-bond acceptors (Lipinski definition) is 8. The van der Waals surface area contributed by atoms with E-state index in [1.54, 1.807) is 20.8 Å². The number of aliphatic hydroxyl groups excluding tert-OH is 1. The van der Waals surface area contributed by atoms with E-state index in [2.05, 4.69) is 4.52 Å².